The number of amides is 3. The first kappa shape index (κ1) is 15.7. The van der Waals surface area contributed by atoms with E-state index < -0.39 is 12.1 Å². The van der Waals surface area contributed by atoms with Gasteiger partial charge in [-0.3, -0.25) is 14.5 Å². The summed E-state index contributed by atoms with van der Waals surface area (Å²) >= 11 is 0. The van der Waals surface area contributed by atoms with E-state index in [-0.39, 0.29) is 18.4 Å². The molecule has 1 unspecified atom stereocenters. The van der Waals surface area contributed by atoms with Crippen LogP contribution in [0.25, 0.3) is 0 Å². The average Bonchev–Trinajstić information content (AvgIpc) is 2.84. The largest absolute Gasteiger partial charge is 0.465 e. The van der Waals surface area contributed by atoms with Crippen LogP contribution in [0.15, 0.2) is 54.6 Å². The fraction of sp³-hybridized carbons (Fsp3) is 0.167. The SMILES string of the molecule is O=C(O)NCC(Cc1ccccc1)N1C(=O)c2ccccc2C1=O. The van der Waals surface area contributed by atoms with Crippen molar-refractivity contribution in [2.45, 2.75) is 12.5 Å². The van der Waals surface area contributed by atoms with Gasteiger partial charge >= 0.3 is 6.09 Å². The summed E-state index contributed by atoms with van der Waals surface area (Å²) in [7, 11) is 0. The minimum absolute atomic E-state index is 0.0182. The highest BCUT2D eigenvalue weighted by molar-refractivity contribution is 6.21. The number of carboxylic acid groups (broad SMARTS) is 1. The molecule has 24 heavy (non-hydrogen) atoms. The van der Waals surface area contributed by atoms with Gasteiger partial charge < -0.3 is 10.4 Å². The predicted molar refractivity (Wildman–Crippen MR) is 86.9 cm³/mol. The molecule has 0 spiro atoms. The number of imide groups is 1. The number of hydrogen-bond donors (Lipinski definition) is 2. The van der Waals surface area contributed by atoms with Crippen LogP contribution >= 0.6 is 0 Å². The van der Waals surface area contributed by atoms with Gasteiger partial charge in [-0.25, -0.2) is 4.79 Å². The molecule has 1 atom stereocenters. The summed E-state index contributed by atoms with van der Waals surface area (Å²) in [5, 5.41) is 11.2. The number of benzene rings is 2. The number of carbonyl (C=O) groups is 3. The standard InChI is InChI=1S/C18H16N2O4/c21-16-14-8-4-5-9-15(14)17(22)20(16)13(11-19-18(23)24)10-12-6-2-1-3-7-12/h1-9,13,19H,10-11H2,(H,23,24). The molecule has 6 heteroatoms. The lowest BCUT2D eigenvalue weighted by Gasteiger charge is -2.26. The molecule has 0 bridgehead atoms. The zero-order valence-electron chi connectivity index (χ0n) is 12.8. The first-order valence-corrected chi connectivity index (χ1v) is 7.55. The van der Waals surface area contributed by atoms with E-state index in [1.165, 1.54) is 0 Å². The Kier molecular flexibility index (Phi) is 4.29. The van der Waals surface area contributed by atoms with Gasteiger partial charge in [0.25, 0.3) is 11.8 Å². The van der Waals surface area contributed by atoms with Crippen LogP contribution < -0.4 is 5.32 Å². The van der Waals surface area contributed by atoms with Crippen LogP contribution in [0, 0.1) is 0 Å². The predicted octanol–water partition coefficient (Wildman–Crippen LogP) is 2.16. The molecule has 1 aliphatic rings. The molecular formula is C18H16N2O4. The molecule has 0 aromatic heterocycles. The smallest absolute Gasteiger partial charge is 0.404 e. The lowest BCUT2D eigenvalue weighted by Crippen LogP contribution is -2.47. The summed E-state index contributed by atoms with van der Waals surface area (Å²) in [4.78, 5) is 37.2. The maximum atomic E-state index is 12.6. The summed E-state index contributed by atoms with van der Waals surface area (Å²) in [6, 6.07) is 15.4. The van der Waals surface area contributed by atoms with Gasteiger partial charge in [0.1, 0.15) is 0 Å². The third-order valence-corrected chi connectivity index (χ3v) is 3.99. The molecule has 2 N–H and O–H groups in total. The lowest BCUT2D eigenvalue weighted by molar-refractivity contribution is 0.0580. The van der Waals surface area contributed by atoms with Crippen molar-refractivity contribution in [3.8, 4) is 0 Å². The van der Waals surface area contributed by atoms with Gasteiger partial charge in [0.15, 0.2) is 0 Å². The van der Waals surface area contributed by atoms with Gasteiger partial charge in [-0.05, 0) is 24.1 Å². The van der Waals surface area contributed by atoms with Gasteiger partial charge in [-0.15, -0.1) is 0 Å². The Morgan fingerprint density at radius 3 is 2.04 bits per heavy atom. The molecule has 0 fully saturated rings. The Morgan fingerprint density at radius 1 is 0.958 bits per heavy atom. The second kappa shape index (κ2) is 6.54. The normalized spacial score (nSPS) is 14.4. The summed E-state index contributed by atoms with van der Waals surface area (Å²) in [5.41, 5.74) is 1.64. The summed E-state index contributed by atoms with van der Waals surface area (Å²) in [5.74, 6) is -0.771. The zero-order chi connectivity index (χ0) is 17.1. The van der Waals surface area contributed by atoms with Gasteiger partial charge in [-0.2, -0.15) is 0 Å². The second-order valence-electron chi connectivity index (χ2n) is 5.56. The third kappa shape index (κ3) is 2.99. The van der Waals surface area contributed by atoms with Crippen LogP contribution in [0.5, 0.6) is 0 Å². The van der Waals surface area contributed by atoms with E-state index in [1.807, 2.05) is 30.3 Å². The zero-order valence-corrected chi connectivity index (χ0v) is 12.8. The molecule has 0 saturated heterocycles. The van der Waals surface area contributed by atoms with Crippen LogP contribution in [-0.4, -0.2) is 40.5 Å². The molecule has 3 amide bonds. The first-order valence-electron chi connectivity index (χ1n) is 7.55. The van der Waals surface area contributed by atoms with Crippen LogP contribution in [0.2, 0.25) is 0 Å². The molecule has 0 radical (unpaired) electrons. The van der Waals surface area contributed by atoms with E-state index >= 15 is 0 Å². The molecule has 3 rings (SSSR count). The summed E-state index contributed by atoms with van der Waals surface area (Å²) in [6.07, 6.45) is -0.809. The molecule has 1 aliphatic heterocycles. The van der Waals surface area contributed by atoms with E-state index in [0.29, 0.717) is 17.5 Å². The van der Waals surface area contributed by atoms with E-state index in [4.69, 9.17) is 5.11 Å². The average molecular weight is 324 g/mol. The van der Waals surface area contributed by atoms with E-state index in [2.05, 4.69) is 5.32 Å². The lowest BCUT2D eigenvalue weighted by atomic mass is 10.0. The van der Waals surface area contributed by atoms with Gasteiger partial charge in [0.05, 0.1) is 17.2 Å². The molecule has 2 aromatic carbocycles. The molecule has 6 nitrogen and oxygen atoms in total. The van der Waals surface area contributed by atoms with Crippen LogP contribution in [0.4, 0.5) is 4.79 Å². The molecule has 1 heterocycles. The van der Waals surface area contributed by atoms with E-state index in [1.54, 1.807) is 24.3 Å². The Morgan fingerprint density at radius 2 is 1.50 bits per heavy atom. The highest BCUT2D eigenvalue weighted by Crippen LogP contribution is 2.25. The Bertz CT molecular complexity index is 754. The summed E-state index contributed by atoms with van der Waals surface area (Å²) < 4.78 is 0. The maximum absolute atomic E-state index is 12.6. The molecular weight excluding hydrogens is 308 g/mol. The van der Waals surface area contributed by atoms with Crippen molar-refractivity contribution in [1.82, 2.24) is 10.2 Å². The Hall–Kier alpha value is -3.15. The topological polar surface area (TPSA) is 86.7 Å². The monoisotopic (exact) mass is 324 g/mol. The fourth-order valence-corrected chi connectivity index (χ4v) is 2.89. The number of hydrogen-bond acceptors (Lipinski definition) is 3. The molecule has 2 aromatic rings. The third-order valence-electron chi connectivity index (χ3n) is 3.99. The minimum atomic E-state index is -1.19. The number of nitrogens with zero attached hydrogens (tertiary/aromatic N) is 1. The Balaban J connectivity index is 1.89. The van der Waals surface area contributed by atoms with Crippen LogP contribution in [-0.2, 0) is 6.42 Å². The highest BCUT2D eigenvalue weighted by atomic mass is 16.4. The van der Waals surface area contributed by atoms with Crippen molar-refractivity contribution in [2.24, 2.45) is 0 Å². The molecule has 0 saturated carbocycles. The highest BCUT2D eigenvalue weighted by Gasteiger charge is 2.39. The number of carbonyl (C=O) groups excluding carboxylic acids is 2. The van der Waals surface area contributed by atoms with Crippen LogP contribution in [0.3, 0.4) is 0 Å². The van der Waals surface area contributed by atoms with E-state index in [0.717, 1.165) is 10.5 Å². The van der Waals surface area contributed by atoms with E-state index in [9.17, 15) is 14.4 Å². The van der Waals surface area contributed by atoms with Crippen molar-refractivity contribution in [3.63, 3.8) is 0 Å². The van der Waals surface area contributed by atoms with Crippen molar-refractivity contribution < 1.29 is 19.5 Å². The van der Waals surface area contributed by atoms with Gasteiger partial charge in [0.2, 0.25) is 0 Å². The minimum Gasteiger partial charge on any atom is -0.465 e. The fourth-order valence-electron chi connectivity index (χ4n) is 2.89. The summed E-state index contributed by atoms with van der Waals surface area (Å²) in [6.45, 7) is -0.0182. The number of fused-ring (bicyclic) bond motifs is 1. The van der Waals surface area contributed by atoms with Crippen molar-refractivity contribution in [2.75, 3.05) is 6.54 Å². The molecule has 0 aliphatic carbocycles. The Labute approximate surface area is 138 Å². The van der Waals surface area contributed by atoms with Gasteiger partial charge in [-0.1, -0.05) is 42.5 Å². The number of rotatable bonds is 5. The van der Waals surface area contributed by atoms with Crippen LogP contribution in [0.1, 0.15) is 26.3 Å². The van der Waals surface area contributed by atoms with Gasteiger partial charge in [0, 0.05) is 6.54 Å². The van der Waals surface area contributed by atoms with Crippen molar-refractivity contribution in [1.29, 1.82) is 0 Å². The quantitative estimate of drug-likeness (QED) is 0.825. The van der Waals surface area contributed by atoms with Crippen molar-refractivity contribution >= 4 is 17.9 Å². The number of nitrogens with one attached hydrogen (secondary N) is 1. The maximum Gasteiger partial charge on any atom is 0.404 e. The second-order valence-corrected chi connectivity index (χ2v) is 5.56. The van der Waals surface area contributed by atoms with Crippen molar-refractivity contribution in [3.05, 3.63) is 71.3 Å². The molecule has 122 valence electrons. The first-order chi connectivity index (χ1) is 11.6.